The molecule has 130 valence electrons. The molecule has 0 saturated carbocycles. The van der Waals surface area contributed by atoms with Crippen LogP contribution in [-0.2, 0) is 16.1 Å². The summed E-state index contributed by atoms with van der Waals surface area (Å²) in [6.45, 7) is 4.36. The Hall–Kier alpha value is -2.48. The van der Waals surface area contributed by atoms with Crippen molar-refractivity contribution in [3.63, 3.8) is 0 Å². The van der Waals surface area contributed by atoms with E-state index in [9.17, 15) is 9.59 Å². The van der Waals surface area contributed by atoms with Crippen LogP contribution in [0.15, 0.2) is 18.2 Å². The Morgan fingerprint density at radius 1 is 1.21 bits per heavy atom. The van der Waals surface area contributed by atoms with Crippen molar-refractivity contribution in [1.29, 1.82) is 0 Å². The number of fused-ring (bicyclic) bond motifs is 1. The fraction of sp³-hybridized carbons (Fsp3) is 0.500. The summed E-state index contributed by atoms with van der Waals surface area (Å²) in [5.74, 6) is 1.14. The van der Waals surface area contributed by atoms with Gasteiger partial charge in [-0.2, -0.15) is 0 Å². The van der Waals surface area contributed by atoms with Gasteiger partial charge in [0.15, 0.2) is 11.5 Å². The van der Waals surface area contributed by atoms with Crippen molar-refractivity contribution in [2.24, 2.45) is 0 Å². The number of rotatable bonds is 4. The number of carbonyl (C=O) groups is 2. The number of nitrogens with zero attached hydrogens (tertiary/aromatic N) is 1. The van der Waals surface area contributed by atoms with Crippen molar-refractivity contribution < 1.29 is 23.8 Å². The fourth-order valence-corrected chi connectivity index (χ4v) is 2.50. The van der Waals surface area contributed by atoms with Crippen molar-refractivity contribution in [2.75, 3.05) is 33.1 Å². The minimum Gasteiger partial charge on any atom is -0.454 e. The molecule has 3 amide bonds. The van der Waals surface area contributed by atoms with E-state index in [-0.39, 0.29) is 18.7 Å². The van der Waals surface area contributed by atoms with Gasteiger partial charge in [0.2, 0.25) is 12.7 Å². The molecule has 1 aromatic carbocycles. The molecule has 3 rings (SSSR count). The molecule has 24 heavy (non-hydrogen) atoms. The Balaban J connectivity index is 1.46. The molecule has 8 nitrogen and oxygen atoms in total. The van der Waals surface area contributed by atoms with Crippen molar-refractivity contribution in [1.82, 2.24) is 15.5 Å². The topological polar surface area (TPSA) is 89.1 Å². The van der Waals surface area contributed by atoms with Gasteiger partial charge in [-0.1, -0.05) is 6.07 Å². The van der Waals surface area contributed by atoms with E-state index in [0.29, 0.717) is 44.3 Å². The minimum absolute atomic E-state index is 0.218. The van der Waals surface area contributed by atoms with E-state index in [4.69, 9.17) is 14.2 Å². The summed E-state index contributed by atoms with van der Waals surface area (Å²) in [5, 5.41) is 5.51. The highest BCUT2D eigenvalue weighted by atomic mass is 16.7. The number of morpholine rings is 1. The van der Waals surface area contributed by atoms with Crippen LogP contribution in [0, 0.1) is 0 Å². The monoisotopic (exact) mass is 335 g/mol. The minimum atomic E-state index is -0.616. The molecule has 1 fully saturated rings. The van der Waals surface area contributed by atoms with E-state index in [0.717, 1.165) is 5.56 Å². The average molecular weight is 335 g/mol. The summed E-state index contributed by atoms with van der Waals surface area (Å²) in [7, 11) is 0. The zero-order chi connectivity index (χ0) is 16.9. The summed E-state index contributed by atoms with van der Waals surface area (Å²) in [6, 6.07) is 4.65. The Bertz CT molecular complexity index is 616. The molecule has 0 radical (unpaired) electrons. The van der Waals surface area contributed by atoms with Crippen LogP contribution in [0.4, 0.5) is 4.79 Å². The van der Waals surface area contributed by atoms with E-state index in [2.05, 4.69) is 10.6 Å². The SMILES string of the molecule is C[C@H](NC(=O)N1CCOCC1)C(=O)NCc1ccc2c(c1)OCO2. The first-order valence-electron chi connectivity index (χ1n) is 7.93. The zero-order valence-electron chi connectivity index (χ0n) is 13.5. The normalized spacial score (nSPS) is 17.3. The molecular formula is C16H21N3O5. The molecule has 0 spiro atoms. The van der Waals surface area contributed by atoms with E-state index in [1.807, 2.05) is 18.2 Å². The van der Waals surface area contributed by atoms with Crippen molar-refractivity contribution in [2.45, 2.75) is 19.5 Å². The Morgan fingerprint density at radius 2 is 1.96 bits per heavy atom. The van der Waals surface area contributed by atoms with Crippen LogP contribution in [-0.4, -0.2) is 56.0 Å². The smallest absolute Gasteiger partial charge is 0.318 e. The van der Waals surface area contributed by atoms with Gasteiger partial charge in [0.05, 0.1) is 13.2 Å². The van der Waals surface area contributed by atoms with Gasteiger partial charge in [-0.15, -0.1) is 0 Å². The maximum absolute atomic E-state index is 12.1. The van der Waals surface area contributed by atoms with Gasteiger partial charge < -0.3 is 29.7 Å². The van der Waals surface area contributed by atoms with E-state index in [1.54, 1.807) is 11.8 Å². The first kappa shape index (κ1) is 16.4. The molecule has 2 N–H and O–H groups in total. The van der Waals surface area contributed by atoms with Crippen LogP contribution < -0.4 is 20.1 Å². The second kappa shape index (κ2) is 7.39. The van der Waals surface area contributed by atoms with Gasteiger partial charge in [0.1, 0.15) is 6.04 Å². The van der Waals surface area contributed by atoms with Crippen LogP contribution in [0.3, 0.4) is 0 Å². The second-order valence-corrected chi connectivity index (χ2v) is 5.68. The molecule has 2 aliphatic heterocycles. The summed E-state index contributed by atoms with van der Waals surface area (Å²) in [6.07, 6.45) is 0. The van der Waals surface area contributed by atoms with Crippen LogP contribution in [0.2, 0.25) is 0 Å². The molecule has 2 aliphatic rings. The van der Waals surface area contributed by atoms with Gasteiger partial charge in [-0.25, -0.2) is 4.79 Å². The quantitative estimate of drug-likeness (QED) is 0.834. The summed E-state index contributed by atoms with van der Waals surface area (Å²) >= 11 is 0. The van der Waals surface area contributed by atoms with E-state index < -0.39 is 6.04 Å². The summed E-state index contributed by atoms with van der Waals surface area (Å²) < 4.78 is 15.8. The number of ether oxygens (including phenoxy) is 3. The van der Waals surface area contributed by atoms with Crippen molar-refractivity contribution in [3.05, 3.63) is 23.8 Å². The number of carbonyl (C=O) groups excluding carboxylic acids is 2. The lowest BCUT2D eigenvalue weighted by atomic mass is 10.2. The largest absolute Gasteiger partial charge is 0.454 e. The lowest BCUT2D eigenvalue weighted by Crippen LogP contribution is -2.52. The Morgan fingerprint density at radius 3 is 2.75 bits per heavy atom. The van der Waals surface area contributed by atoms with Crippen LogP contribution in [0.1, 0.15) is 12.5 Å². The molecule has 1 saturated heterocycles. The first-order valence-corrected chi connectivity index (χ1v) is 7.93. The molecule has 0 aromatic heterocycles. The van der Waals surface area contributed by atoms with E-state index >= 15 is 0 Å². The highest BCUT2D eigenvalue weighted by Gasteiger charge is 2.21. The van der Waals surface area contributed by atoms with Gasteiger partial charge in [0.25, 0.3) is 0 Å². The third-order valence-electron chi connectivity index (χ3n) is 3.94. The van der Waals surface area contributed by atoms with Crippen molar-refractivity contribution >= 4 is 11.9 Å². The van der Waals surface area contributed by atoms with Gasteiger partial charge >= 0.3 is 6.03 Å². The molecule has 0 aliphatic carbocycles. The second-order valence-electron chi connectivity index (χ2n) is 5.68. The van der Waals surface area contributed by atoms with Crippen LogP contribution in [0.25, 0.3) is 0 Å². The zero-order valence-corrected chi connectivity index (χ0v) is 13.5. The number of nitrogens with one attached hydrogen (secondary N) is 2. The van der Waals surface area contributed by atoms with Crippen LogP contribution in [0.5, 0.6) is 11.5 Å². The van der Waals surface area contributed by atoms with E-state index in [1.165, 1.54) is 0 Å². The lowest BCUT2D eigenvalue weighted by Gasteiger charge is -2.28. The number of benzene rings is 1. The summed E-state index contributed by atoms with van der Waals surface area (Å²) in [4.78, 5) is 25.9. The Kier molecular flexibility index (Phi) is 5.05. The highest BCUT2D eigenvalue weighted by molar-refractivity contribution is 5.86. The Labute approximate surface area is 140 Å². The molecule has 2 heterocycles. The lowest BCUT2D eigenvalue weighted by molar-refractivity contribution is -0.122. The predicted octanol–water partition coefficient (Wildman–Crippen LogP) is 0.462. The molecule has 0 bridgehead atoms. The average Bonchev–Trinajstić information content (AvgIpc) is 3.08. The molecule has 1 atom stereocenters. The summed E-state index contributed by atoms with van der Waals surface area (Å²) in [5.41, 5.74) is 0.902. The van der Waals surface area contributed by atoms with Gasteiger partial charge in [-0.05, 0) is 24.6 Å². The van der Waals surface area contributed by atoms with Crippen molar-refractivity contribution in [3.8, 4) is 11.5 Å². The van der Waals surface area contributed by atoms with Gasteiger partial charge in [0, 0.05) is 19.6 Å². The molecule has 1 aromatic rings. The predicted molar refractivity (Wildman–Crippen MR) is 84.8 cm³/mol. The number of hydrogen-bond acceptors (Lipinski definition) is 5. The maximum Gasteiger partial charge on any atom is 0.318 e. The molecule has 8 heteroatoms. The standard InChI is InChI=1S/C16H21N3O5/c1-11(18-16(21)19-4-6-22-7-5-19)15(20)17-9-12-2-3-13-14(8-12)24-10-23-13/h2-3,8,11H,4-7,9-10H2,1H3,(H,17,20)(H,18,21)/t11-/m0/s1. The van der Waals surface area contributed by atoms with Gasteiger partial charge in [-0.3, -0.25) is 4.79 Å². The van der Waals surface area contributed by atoms with Crippen LogP contribution >= 0.6 is 0 Å². The molecular weight excluding hydrogens is 314 g/mol. The third-order valence-corrected chi connectivity index (χ3v) is 3.94. The first-order chi connectivity index (χ1) is 11.6. The number of hydrogen-bond donors (Lipinski definition) is 2. The third kappa shape index (κ3) is 3.88. The molecule has 0 unspecified atom stereocenters. The number of amides is 3. The fourth-order valence-electron chi connectivity index (χ4n) is 2.50. The highest BCUT2D eigenvalue weighted by Crippen LogP contribution is 2.32. The number of urea groups is 1. The maximum atomic E-state index is 12.1.